The van der Waals surface area contributed by atoms with Gasteiger partial charge in [0.15, 0.2) is 0 Å². The Bertz CT molecular complexity index is 2290. The number of piperidine rings is 1. The molecule has 398 valence electrons. The standard InChI is InChI=1S/C57H80ClN7O8/c1-39(60-6)51(66)62-50(42-10-8-7-9-11-42)53(68)65-28-24-41-23-27-64(38-49(41)65)26-22-40-12-19-46(20-13-40)72-35-34-71-33-32-70-31-30-69-29-25-61-45-17-14-43(15-18-45)52(67)63-54-56(2,3)55(57(54,4)5)73-47-21-16-44(37-59)48(58)36-47/h12-21,36,39,41-42,49-50,54-55,60-61H,7-11,22-35,38H2,1-6H3,(H,62,66)(H,63,67)/t39-,41-,49-,50?,54?,55?/m0/s1. The van der Waals surface area contributed by atoms with E-state index < -0.39 is 6.04 Å². The van der Waals surface area contributed by atoms with E-state index in [2.05, 4.69) is 77.0 Å². The summed E-state index contributed by atoms with van der Waals surface area (Å²) in [5, 5.41) is 22.3. The summed E-state index contributed by atoms with van der Waals surface area (Å²) >= 11 is 6.24. The second-order valence-electron chi connectivity index (χ2n) is 21.5. The minimum Gasteiger partial charge on any atom is -0.491 e. The molecule has 0 spiro atoms. The number of likely N-dealkylation sites (tertiary alicyclic amines) is 2. The number of likely N-dealkylation sites (N-methyl/N-ethyl adjacent to an activating group) is 1. The van der Waals surface area contributed by atoms with Crippen LogP contribution in [-0.2, 0) is 30.2 Å². The van der Waals surface area contributed by atoms with Crippen LogP contribution in [0.25, 0.3) is 0 Å². The highest BCUT2D eigenvalue weighted by Crippen LogP contribution is 2.55. The average molecular weight is 1030 g/mol. The van der Waals surface area contributed by atoms with Gasteiger partial charge < -0.3 is 54.8 Å². The Morgan fingerprint density at radius 1 is 0.808 bits per heavy atom. The number of fused-ring (bicyclic) bond motifs is 1. The number of nitrogens with one attached hydrogen (secondary N) is 4. The molecule has 2 saturated carbocycles. The summed E-state index contributed by atoms with van der Waals surface area (Å²) in [6.07, 6.45) is 8.33. The van der Waals surface area contributed by atoms with Gasteiger partial charge in [0.05, 0.1) is 56.3 Å². The molecule has 2 heterocycles. The maximum Gasteiger partial charge on any atom is 0.251 e. The van der Waals surface area contributed by atoms with Crippen LogP contribution in [0, 0.1) is 34.0 Å². The molecule has 2 aliphatic heterocycles. The Hall–Kier alpha value is -4.95. The number of halogens is 1. The number of anilines is 1. The number of rotatable bonds is 26. The first-order valence-electron chi connectivity index (χ1n) is 26.7. The molecule has 2 saturated heterocycles. The fourth-order valence-corrected chi connectivity index (χ4v) is 11.9. The van der Waals surface area contributed by atoms with E-state index in [1.165, 1.54) is 12.0 Å². The van der Waals surface area contributed by atoms with E-state index >= 15 is 0 Å². The molecule has 4 N–H and O–H groups in total. The van der Waals surface area contributed by atoms with E-state index in [4.69, 9.17) is 35.3 Å². The average Bonchev–Trinajstić information content (AvgIpc) is 3.83. The number of ether oxygens (including phenoxy) is 5. The van der Waals surface area contributed by atoms with Gasteiger partial charge in [0.2, 0.25) is 11.8 Å². The van der Waals surface area contributed by atoms with Gasteiger partial charge in [-0.3, -0.25) is 14.4 Å². The second kappa shape index (κ2) is 26.5. The van der Waals surface area contributed by atoms with Crippen molar-refractivity contribution in [1.82, 2.24) is 25.8 Å². The lowest BCUT2D eigenvalue weighted by atomic mass is 9.49. The molecular weight excluding hydrogens is 946 g/mol. The Balaban J connectivity index is 0.701. The lowest BCUT2D eigenvalue weighted by Gasteiger charge is -2.63. The number of hydrogen-bond acceptors (Lipinski definition) is 12. The lowest BCUT2D eigenvalue weighted by molar-refractivity contribution is -0.164. The molecular formula is C57H80ClN7O8. The Kier molecular flexibility index (Phi) is 20.3. The van der Waals surface area contributed by atoms with Gasteiger partial charge in [0.1, 0.15) is 36.3 Å². The quantitative estimate of drug-likeness (QED) is 0.0584. The predicted molar refractivity (Wildman–Crippen MR) is 284 cm³/mol. The smallest absolute Gasteiger partial charge is 0.251 e. The number of nitriles is 1. The second-order valence-corrected chi connectivity index (χ2v) is 21.9. The van der Waals surface area contributed by atoms with Crippen LogP contribution >= 0.6 is 11.6 Å². The van der Waals surface area contributed by atoms with Gasteiger partial charge in [0.25, 0.3) is 5.91 Å². The minimum atomic E-state index is -0.441. The maximum atomic E-state index is 14.2. The molecule has 3 amide bonds. The number of nitrogens with zero attached hydrogens (tertiary/aromatic N) is 3. The maximum absolute atomic E-state index is 14.2. The third-order valence-electron chi connectivity index (χ3n) is 15.8. The van der Waals surface area contributed by atoms with Crippen molar-refractivity contribution in [1.29, 1.82) is 5.26 Å². The monoisotopic (exact) mass is 1030 g/mol. The molecule has 16 heteroatoms. The van der Waals surface area contributed by atoms with E-state index in [-0.39, 0.29) is 58.7 Å². The Morgan fingerprint density at radius 3 is 2.11 bits per heavy atom. The zero-order valence-corrected chi connectivity index (χ0v) is 44.8. The minimum absolute atomic E-state index is 0.0951. The topological polar surface area (TPSA) is 176 Å². The van der Waals surface area contributed by atoms with Crippen molar-refractivity contribution in [2.45, 2.75) is 116 Å². The molecule has 3 aromatic carbocycles. The summed E-state index contributed by atoms with van der Waals surface area (Å²) < 4.78 is 29.4. The summed E-state index contributed by atoms with van der Waals surface area (Å²) in [4.78, 5) is 45.2. The van der Waals surface area contributed by atoms with E-state index in [1.54, 1.807) is 25.2 Å². The van der Waals surface area contributed by atoms with Crippen molar-refractivity contribution >= 4 is 35.0 Å². The molecule has 0 aromatic heterocycles. The Labute approximate surface area is 438 Å². The van der Waals surface area contributed by atoms with Gasteiger partial charge in [-0.2, -0.15) is 5.26 Å². The molecule has 4 aliphatic rings. The largest absolute Gasteiger partial charge is 0.491 e. The number of amides is 3. The molecule has 4 fully saturated rings. The van der Waals surface area contributed by atoms with Gasteiger partial charge >= 0.3 is 0 Å². The molecule has 3 aromatic rings. The highest BCUT2D eigenvalue weighted by atomic mass is 35.5. The number of hydrogen-bond donors (Lipinski definition) is 4. The van der Waals surface area contributed by atoms with Crippen molar-refractivity contribution in [3.05, 3.63) is 88.4 Å². The predicted octanol–water partition coefficient (Wildman–Crippen LogP) is 7.50. The van der Waals surface area contributed by atoms with Gasteiger partial charge in [-0.1, -0.05) is 70.7 Å². The number of carbonyl (C=O) groups excluding carboxylic acids is 3. The first-order valence-corrected chi connectivity index (χ1v) is 27.0. The summed E-state index contributed by atoms with van der Waals surface area (Å²) in [5.41, 5.74) is 2.42. The summed E-state index contributed by atoms with van der Waals surface area (Å²) in [6.45, 7) is 17.7. The number of carbonyl (C=O) groups is 3. The van der Waals surface area contributed by atoms with E-state index in [9.17, 15) is 19.6 Å². The molecule has 2 aliphatic carbocycles. The van der Waals surface area contributed by atoms with Gasteiger partial charge in [0, 0.05) is 66.4 Å². The molecule has 0 bridgehead atoms. The van der Waals surface area contributed by atoms with Gasteiger partial charge in [-0.05, 0) is 119 Å². The van der Waals surface area contributed by atoms with Crippen LogP contribution in [0.2, 0.25) is 5.02 Å². The zero-order valence-electron chi connectivity index (χ0n) is 44.0. The highest BCUT2D eigenvalue weighted by Gasteiger charge is 2.64. The van der Waals surface area contributed by atoms with Gasteiger partial charge in [-0.15, -0.1) is 0 Å². The van der Waals surface area contributed by atoms with Crippen LogP contribution in [0.15, 0.2) is 66.7 Å². The highest BCUT2D eigenvalue weighted by molar-refractivity contribution is 6.31. The normalized spacial score (nSPS) is 22.2. The molecule has 1 unspecified atom stereocenters. The van der Waals surface area contributed by atoms with Crippen LogP contribution in [-0.4, -0.2) is 144 Å². The summed E-state index contributed by atoms with van der Waals surface area (Å²) in [7, 11) is 1.78. The first-order chi connectivity index (χ1) is 35.2. The first kappa shape index (κ1) is 55.8. The third-order valence-corrected chi connectivity index (χ3v) is 16.1. The molecule has 7 rings (SSSR count). The third kappa shape index (κ3) is 14.7. The van der Waals surface area contributed by atoms with E-state index in [1.807, 2.05) is 43.3 Å². The fraction of sp³-hybridized carbons (Fsp3) is 0.614. The van der Waals surface area contributed by atoms with Crippen molar-refractivity contribution in [3.8, 4) is 17.6 Å². The van der Waals surface area contributed by atoms with Crippen LogP contribution in [0.4, 0.5) is 5.69 Å². The molecule has 0 radical (unpaired) electrons. The Morgan fingerprint density at radius 2 is 1.45 bits per heavy atom. The zero-order chi connectivity index (χ0) is 52.0. The van der Waals surface area contributed by atoms with Crippen molar-refractivity contribution in [2.75, 3.05) is 91.3 Å². The lowest BCUT2D eigenvalue weighted by Crippen LogP contribution is -2.74. The van der Waals surface area contributed by atoms with Crippen molar-refractivity contribution in [2.24, 2.45) is 22.7 Å². The van der Waals surface area contributed by atoms with E-state index in [0.717, 1.165) is 82.6 Å². The van der Waals surface area contributed by atoms with Crippen LogP contribution in [0.1, 0.15) is 101 Å². The molecule has 73 heavy (non-hydrogen) atoms. The van der Waals surface area contributed by atoms with E-state index in [0.29, 0.717) is 80.6 Å². The number of benzene rings is 3. The van der Waals surface area contributed by atoms with Crippen molar-refractivity contribution in [3.63, 3.8) is 0 Å². The van der Waals surface area contributed by atoms with Crippen LogP contribution in [0.5, 0.6) is 11.5 Å². The molecule has 15 nitrogen and oxygen atoms in total. The SMILES string of the molecule is CN[C@@H](C)C(=O)NC(C(=O)N1CC[C@@H]2CCN(CCc3ccc(OCCOCCOCCOCCNc4ccc(C(=O)NC5C(C)(C)C(Oc6ccc(C#N)c(Cl)c6)C5(C)C)cc4)cc3)C[C@@H]21)C1CCCCC1. The van der Waals surface area contributed by atoms with Crippen LogP contribution in [0.3, 0.4) is 0 Å². The van der Waals surface area contributed by atoms with Crippen LogP contribution < -0.4 is 30.7 Å². The fourth-order valence-electron chi connectivity index (χ4n) is 11.7. The van der Waals surface area contributed by atoms with Gasteiger partial charge in [-0.25, -0.2) is 0 Å². The summed E-state index contributed by atoms with van der Waals surface area (Å²) in [5.74, 6) is 2.03. The van der Waals surface area contributed by atoms with Crippen molar-refractivity contribution < 1.29 is 38.1 Å². The summed E-state index contributed by atoms with van der Waals surface area (Å²) in [6, 6.07) is 22.2. The molecule has 4 atom stereocenters.